The van der Waals surface area contributed by atoms with Gasteiger partial charge in [-0.05, 0) is 13.8 Å². The predicted molar refractivity (Wildman–Crippen MR) is 38.3 cm³/mol. The Hall–Kier alpha value is -0.830. The van der Waals surface area contributed by atoms with Gasteiger partial charge in [-0.3, -0.25) is 4.79 Å². The van der Waals surface area contributed by atoms with E-state index in [1.807, 2.05) is 0 Å². The molecular weight excluding hydrogens is 130 g/mol. The van der Waals surface area contributed by atoms with Crippen molar-refractivity contribution >= 4 is 5.97 Å². The van der Waals surface area contributed by atoms with Crippen molar-refractivity contribution in [2.75, 3.05) is 6.61 Å². The number of carbonyl (C=O) groups is 1. The summed E-state index contributed by atoms with van der Waals surface area (Å²) in [7, 11) is 0. The van der Waals surface area contributed by atoms with Gasteiger partial charge < -0.3 is 4.74 Å². The van der Waals surface area contributed by atoms with E-state index in [1.54, 1.807) is 0 Å². The summed E-state index contributed by atoms with van der Waals surface area (Å²) < 4.78 is 4.61. The van der Waals surface area contributed by atoms with Gasteiger partial charge in [0.05, 0.1) is 0 Å². The summed E-state index contributed by atoms with van der Waals surface area (Å²) in [6.07, 6.45) is 1.48. The third kappa shape index (κ3) is 3.25. The highest BCUT2D eigenvalue weighted by Gasteiger charge is 2.23. The normalized spacial score (nSPS) is 10.7. The molecule has 0 aromatic rings. The average Bonchev–Trinajstić information content (AvgIpc) is 1.80. The molecule has 0 heterocycles. The van der Waals surface area contributed by atoms with E-state index in [2.05, 4.69) is 11.3 Å². The van der Waals surface area contributed by atoms with Crippen molar-refractivity contribution in [3.05, 3.63) is 12.7 Å². The molecule has 0 amide bonds. The summed E-state index contributed by atoms with van der Waals surface area (Å²) in [6.45, 7) is 6.53. The van der Waals surface area contributed by atoms with E-state index in [0.29, 0.717) is 0 Å². The quantitative estimate of drug-likeness (QED) is 0.432. The maximum absolute atomic E-state index is 10.8. The lowest BCUT2D eigenvalue weighted by Crippen LogP contribution is -2.34. The molecule has 0 atom stereocenters. The highest BCUT2D eigenvalue weighted by atomic mass is 16.5. The summed E-state index contributed by atoms with van der Waals surface area (Å²) in [5, 5.41) is 0. The van der Waals surface area contributed by atoms with Crippen LogP contribution in [0, 0.1) is 0 Å². The largest absolute Gasteiger partial charge is 0.460 e. The average molecular weight is 142 g/mol. The Labute approximate surface area is 60.9 Å². The second-order valence-corrected chi connectivity index (χ2v) is 2.51. The highest BCUT2D eigenvalue weighted by molar-refractivity contribution is 5.79. The maximum atomic E-state index is 10.8. The van der Waals surface area contributed by atoms with Crippen LogP contribution in [0.4, 0.5) is 0 Å². The van der Waals surface area contributed by atoms with Crippen LogP contribution in [0.1, 0.15) is 13.8 Å². The second-order valence-electron chi connectivity index (χ2n) is 2.51. The van der Waals surface area contributed by atoms with Crippen LogP contribution in [0.3, 0.4) is 0 Å². The van der Waals surface area contributed by atoms with Crippen LogP contribution in [0.15, 0.2) is 12.7 Å². The molecule has 10 heavy (non-hydrogen) atoms. The Morgan fingerprint density at radius 3 is 2.60 bits per heavy atom. The smallest absolute Gasteiger partial charge is 0.327 e. The summed E-state index contributed by atoms with van der Waals surface area (Å²) in [4.78, 5) is 10.8. The van der Waals surface area contributed by atoms with Crippen LogP contribution >= 0.6 is 0 Å². The van der Waals surface area contributed by atoms with Gasteiger partial charge in [0.2, 0.25) is 0 Å². The number of rotatable bonds is 3. The first-order chi connectivity index (χ1) is 4.48. The van der Waals surface area contributed by atoms with Crippen molar-refractivity contribution < 1.29 is 9.53 Å². The predicted octanol–water partition coefficient (Wildman–Crippen LogP) is 0.777. The molecule has 0 bridgehead atoms. The van der Waals surface area contributed by atoms with E-state index < -0.39 is 11.5 Å². The summed E-state index contributed by atoms with van der Waals surface area (Å²) in [5.74, 6) is -0.521. The molecule has 1 radical (unpaired) electrons. The highest BCUT2D eigenvalue weighted by Crippen LogP contribution is 2.01. The Kier molecular flexibility index (Phi) is 3.09. The summed E-state index contributed by atoms with van der Waals surface area (Å²) in [5.41, 5.74) is 6.06. The molecule has 0 aliphatic heterocycles. The third-order valence-electron chi connectivity index (χ3n) is 0.843. The molecule has 0 fully saturated rings. The number of esters is 1. The molecule has 0 saturated heterocycles. The van der Waals surface area contributed by atoms with Crippen LogP contribution in [-0.2, 0) is 9.53 Å². The molecule has 0 spiro atoms. The summed E-state index contributed by atoms with van der Waals surface area (Å²) in [6, 6.07) is 0. The Morgan fingerprint density at radius 2 is 2.30 bits per heavy atom. The van der Waals surface area contributed by atoms with Gasteiger partial charge in [-0.15, -0.1) is 0 Å². The van der Waals surface area contributed by atoms with Crippen LogP contribution in [0.25, 0.3) is 0 Å². The van der Waals surface area contributed by atoms with Crippen molar-refractivity contribution in [1.29, 1.82) is 0 Å². The van der Waals surface area contributed by atoms with E-state index in [1.165, 1.54) is 19.9 Å². The molecule has 1 N–H and O–H groups in total. The van der Waals surface area contributed by atoms with Crippen LogP contribution in [0.2, 0.25) is 0 Å². The first-order valence-electron chi connectivity index (χ1n) is 3.01. The first-order valence-corrected chi connectivity index (χ1v) is 3.01. The second kappa shape index (κ2) is 3.37. The van der Waals surface area contributed by atoms with Crippen LogP contribution < -0.4 is 5.73 Å². The molecular formula is C7H12NO2. The fourth-order valence-corrected chi connectivity index (χ4v) is 0.315. The molecule has 0 aromatic carbocycles. The lowest BCUT2D eigenvalue weighted by molar-refractivity contribution is -0.147. The number of nitrogens with one attached hydrogen (secondary N) is 1. The van der Waals surface area contributed by atoms with Gasteiger partial charge in [0.15, 0.2) is 0 Å². The number of hydrogen-bond donors (Lipinski definition) is 0. The maximum Gasteiger partial charge on any atom is 0.327 e. The van der Waals surface area contributed by atoms with E-state index >= 15 is 0 Å². The van der Waals surface area contributed by atoms with E-state index in [4.69, 9.17) is 5.73 Å². The number of ether oxygens (including phenoxy) is 1. The molecule has 0 aromatic heterocycles. The Morgan fingerprint density at radius 1 is 1.80 bits per heavy atom. The molecule has 3 heteroatoms. The van der Waals surface area contributed by atoms with Gasteiger partial charge >= 0.3 is 5.97 Å². The van der Waals surface area contributed by atoms with Gasteiger partial charge in [-0.2, -0.15) is 0 Å². The standard InChI is InChI=1S/C7H12NO2/c1-4-5-10-6(9)7(2,3)8/h4,8H,1,5H2,2-3H3. The van der Waals surface area contributed by atoms with Gasteiger partial charge in [0.1, 0.15) is 12.1 Å². The first kappa shape index (κ1) is 9.17. The van der Waals surface area contributed by atoms with Crippen molar-refractivity contribution in [1.82, 2.24) is 5.73 Å². The molecule has 57 valence electrons. The lowest BCUT2D eigenvalue weighted by atomic mass is 10.1. The monoisotopic (exact) mass is 142 g/mol. The van der Waals surface area contributed by atoms with Crippen LogP contribution in [0.5, 0.6) is 0 Å². The third-order valence-corrected chi connectivity index (χ3v) is 0.843. The molecule has 3 nitrogen and oxygen atoms in total. The topological polar surface area (TPSA) is 50.1 Å². The van der Waals surface area contributed by atoms with E-state index in [9.17, 15) is 4.79 Å². The fourth-order valence-electron chi connectivity index (χ4n) is 0.315. The van der Waals surface area contributed by atoms with Gasteiger partial charge in [-0.1, -0.05) is 12.7 Å². The molecule has 0 saturated carbocycles. The van der Waals surface area contributed by atoms with E-state index in [0.717, 1.165) is 0 Å². The number of hydrogen-bond acceptors (Lipinski definition) is 2. The molecule has 0 rings (SSSR count). The minimum absolute atomic E-state index is 0.182. The Bertz CT molecular complexity index is 135. The molecule has 0 aliphatic carbocycles. The minimum atomic E-state index is -1.15. The molecule has 0 unspecified atom stereocenters. The fraction of sp³-hybridized carbons (Fsp3) is 0.571. The lowest BCUT2D eigenvalue weighted by Gasteiger charge is -2.14. The summed E-state index contributed by atoms with van der Waals surface area (Å²) >= 11 is 0. The zero-order chi connectivity index (χ0) is 8.20. The van der Waals surface area contributed by atoms with Gasteiger partial charge in [0.25, 0.3) is 0 Å². The van der Waals surface area contributed by atoms with Crippen LogP contribution in [-0.4, -0.2) is 18.1 Å². The van der Waals surface area contributed by atoms with Crippen molar-refractivity contribution in [2.24, 2.45) is 0 Å². The Balaban J connectivity index is 3.74. The van der Waals surface area contributed by atoms with Gasteiger partial charge in [-0.25, -0.2) is 5.73 Å². The van der Waals surface area contributed by atoms with Gasteiger partial charge in [0, 0.05) is 0 Å². The zero-order valence-corrected chi connectivity index (χ0v) is 6.31. The van der Waals surface area contributed by atoms with E-state index in [-0.39, 0.29) is 6.61 Å². The zero-order valence-electron chi connectivity index (χ0n) is 6.31. The van der Waals surface area contributed by atoms with Crippen molar-refractivity contribution in [3.8, 4) is 0 Å². The molecule has 0 aliphatic rings. The number of carbonyl (C=O) groups excluding carboxylic acids is 1. The minimum Gasteiger partial charge on any atom is -0.460 e. The van der Waals surface area contributed by atoms with Crippen molar-refractivity contribution in [3.63, 3.8) is 0 Å². The SMILES string of the molecule is C=CCOC(=O)C(C)(C)[NH]. The van der Waals surface area contributed by atoms with Crippen molar-refractivity contribution in [2.45, 2.75) is 19.4 Å².